The molecular formula is C7H10Cl2N2O4. The fourth-order valence-electron chi connectivity index (χ4n) is 0.979. The van der Waals surface area contributed by atoms with Crippen molar-refractivity contribution in [3.05, 3.63) is 12.3 Å². The van der Waals surface area contributed by atoms with Crippen molar-refractivity contribution in [2.45, 2.75) is 6.10 Å². The van der Waals surface area contributed by atoms with Crippen LogP contribution in [0.2, 0.25) is 0 Å². The van der Waals surface area contributed by atoms with Gasteiger partial charge < -0.3 is 19.3 Å². The Labute approximate surface area is 98.1 Å². The maximum absolute atomic E-state index is 10.6. The molecule has 1 aromatic rings. The Bertz CT molecular complexity index is 293. The molecule has 86 valence electrons. The molecule has 8 heteroatoms. The summed E-state index contributed by atoms with van der Waals surface area (Å²) in [7, 11) is 0. The maximum atomic E-state index is 10.6. The summed E-state index contributed by atoms with van der Waals surface area (Å²) in [4.78, 5) is 10.6. The summed E-state index contributed by atoms with van der Waals surface area (Å²) in [6, 6.07) is 1.59. The monoisotopic (exact) mass is 256 g/mol. The lowest BCUT2D eigenvalue weighted by Gasteiger charge is -2.06. The van der Waals surface area contributed by atoms with Gasteiger partial charge in [-0.05, 0) is 5.16 Å². The molecule has 1 aliphatic heterocycles. The van der Waals surface area contributed by atoms with Crippen molar-refractivity contribution >= 4 is 30.9 Å². The second-order valence-corrected chi connectivity index (χ2v) is 2.56. The van der Waals surface area contributed by atoms with Gasteiger partial charge in [0.25, 0.3) is 5.88 Å². The van der Waals surface area contributed by atoms with Gasteiger partial charge in [-0.2, -0.15) is 0 Å². The highest BCUT2D eigenvalue weighted by Crippen LogP contribution is 2.07. The van der Waals surface area contributed by atoms with Crippen LogP contribution in [0.15, 0.2) is 16.9 Å². The zero-order valence-electron chi connectivity index (χ0n) is 7.54. The van der Waals surface area contributed by atoms with Crippen LogP contribution in [0.3, 0.4) is 0 Å². The molecule has 0 radical (unpaired) electrons. The number of ether oxygens (including phenoxy) is 2. The third-order valence-corrected chi connectivity index (χ3v) is 1.58. The zero-order valence-corrected chi connectivity index (χ0v) is 9.18. The molecule has 1 saturated heterocycles. The number of nitrogens with zero attached hydrogens (tertiary/aromatic N) is 1. The second kappa shape index (κ2) is 6.36. The van der Waals surface area contributed by atoms with Crippen LogP contribution >= 0.6 is 24.8 Å². The van der Waals surface area contributed by atoms with Gasteiger partial charge >= 0.3 is 6.09 Å². The number of cyclic esters (lactones) is 1. The molecule has 1 atom stereocenters. The first-order chi connectivity index (χ1) is 6.34. The van der Waals surface area contributed by atoms with E-state index in [-0.39, 0.29) is 37.5 Å². The Morgan fingerprint density at radius 2 is 2.40 bits per heavy atom. The van der Waals surface area contributed by atoms with Crippen LogP contribution in [0, 0.1) is 0 Å². The molecule has 0 aliphatic carbocycles. The number of carbonyl (C=O) groups excluding carboxylic acids is 1. The molecule has 1 amide bonds. The average Bonchev–Trinajstić information content (AvgIpc) is 2.71. The number of nitrogens with one attached hydrogen (secondary N) is 1. The number of amides is 1. The maximum Gasteiger partial charge on any atom is 0.407 e. The first-order valence-corrected chi connectivity index (χ1v) is 3.82. The fraction of sp³-hybridized carbons (Fsp3) is 0.429. The molecule has 0 unspecified atom stereocenters. The first kappa shape index (κ1) is 13.9. The minimum absolute atomic E-state index is 0. The van der Waals surface area contributed by atoms with Gasteiger partial charge in [-0.15, -0.1) is 24.8 Å². The van der Waals surface area contributed by atoms with Gasteiger partial charge in [0.15, 0.2) is 6.10 Å². The van der Waals surface area contributed by atoms with Crippen LogP contribution in [0.4, 0.5) is 4.79 Å². The molecule has 2 heterocycles. The number of hydrogen-bond acceptors (Lipinski definition) is 5. The van der Waals surface area contributed by atoms with Crippen molar-refractivity contribution in [2.24, 2.45) is 0 Å². The number of halogens is 2. The highest BCUT2D eigenvalue weighted by atomic mass is 35.5. The Kier molecular flexibility index (Phi) is 5.88. The van der Waals surface area contributed by atoms with Gasteiger partial charge in [-0.1, -0.05) is 0 Å². The minimum atomic E-state index is -0.409. The Balaban J connectivity index is 0.000000980. The Hall–Kier alpha value is -1.14. The molecule has 1 aliphatic rings. The molecule has 1 fully saturated rings. The SMILES string of the molecule is Cl.Cl.O=C1NC[C@H](COc2ccon2)O1. The smallest absolute Gasteiger partial charge is 0.407 e. The molecule has 1 aromatic heterocycles. The van der Waals surface area contributed by atoms with E-state index in [1.165, 1.54) is 6.26 Å². The van der Waals surface area contributed by atoms with E-state index in [4.69, 9.17) is 9.47 Å². The van der Waals surface area contributed by atoms with Gasteiger partial charge in [-0.25, -0.2) is 4.79 Å². The summed E-state index contributed by atoms with van der Waals surface area (Å²) >= 11 is 0. The summed E-state index contributed by atoms with van der Waals surface area (Å²) in [5, 5.41) is 6.05. The van der Waals surface area contributed by atoms with Crippen molar-refractivity contribution in [3.8, 4) is 5.88 Å². The van der Waals surface area contributed by atoms with E-state index in [1.54, 1.807) is 6.07 Å². The quantitative estimate of drug-likeness (QED) is 0.874. The summed E-state index contributed by atoms with van der Waals surface area (Å²) in [6.07, 6.45) is 0.756. The molecule has 0 spiro atoms. The van der Waals surface area contributed by atoms with Gasteiger partial charge in [0.05, 0.1) is 6.54 Å². The van der Waals surface area contributed by atoms with Crippen LogP contribution in [0.1, 0.15) is 0 Å². The molecule has 0 saturated carbocycles. The third-order valence-electron chi connectivity index (χ3n) is 1.58. The number of aromatic nitrogens is 1. The Morgan fingerprint density at radius 1 is 1.60 bits per heavy atom. The molecular weight excluding hydrogens is 247 g/mol. The number of hydrogen-bond donors (Lipinski definition) is 1. The lowest BCUT2D eigenvalue weighted by atomic mass is 10.4. The highest BCUT2D eigenvalue weighted by Gasteiger charge is 2.23. The van der Waals surface area contributed by atoms with Gasteiger partial charge in [0, 0.05) is 6.07 Å². The topological polar surface area (TPSA) is 73.6 Å². The number of alkyl carbamates (subject to hydrolysis) is 1. The van der Waals surface area contributed by atoms with E-state index in [9.17, 15) is 4.79 Å². The van der Waals surface area contributed by atoms with Crippen LogP contribution in [-0.2, 0) is 4.74 Å². The number of rotatable bonds is 3. The van der Waals surface area contributed by atoms with Crippen molar-refractivity contribution in [1.29, 1.82) is 0 Å². The molecule has 2 rings (SSSR count). The lowest BCUT2D eigenvalue weighted by Crippen LogP contribution is -2.21. The van der Waals surface area contributed by atoms with Crippen molar-refractivity contribution < 1.29 is 18.8 Å². The van der Waals surface area contributed by atoms with E-state index in [0.717, 1.165) is 0 Å². The van der Waals surface area contributed by atoms with E-state index in [2.05, 4.69) is 15.0 Å². The van der Waals surface area contributed by atoms with E-state index >= 15 is 0 Å². The van der Waals surface area contributed by atoms with Crippen molar-refractivity contribution in [2.75, 3.05) is 13.2 Å². The summed E-state index contributed by atoms with van der Waals surface area (Å²) in [5.74, 6) is 0.392. The summed E-state index contributed by atoms with van der Waals surface area (Å²) < 4.78 is 14.5. The predicted molar refractivity (Wildman–Crippen MR) is 54.8 cm³/mol. The standard InChI is InChI=1S/C7H8N2O4.2ClH/c10-7-8-3-5(13-7)4-11-6-1-2-12-9-6;;/h1-2,5H,3-4H2,(H,8,10);2*1H/t5-;;/m1../s1. The van der Waals surface area contributed by atoms with E-state index < -0.39 is 6.09 Å². The van der Waals surface area contributed by atoms with E-state index in [1.807, 2.05) is 0 Å². The fourth-order valence-corrected chi connectivity index (χ4v) is 0.979. The molecule has 6 nitrogen and oxygen atoms in total. The molecule has 1 N–H and O–H groups in total. The summed E-state index contributed by atoms with van der Waals surface area (Å²) in [5.41, 5.74) is 0. The lowest BCUT2D eigenvalue weighted by molar-refractivity contribution is 0.101. The third kappa shape index (κ3) is 3.85. The molecule has 15 heavy (non-hydrogen) atoms. The van der Waals surface area contributed by atoms with Crippen molar-refractivity contribution in [1.82, 2.24) is 10.5 Å². The van der Waals surface area contributed by atoms with Crippen LogP contribution in [0.25, 0.3) is 0 Å². The average molecular weight is 257 g/mol. The Morgan fingerprint density at radius 3 is 2.93 bits per heavy atom. The van der Waals surface area contributed by atoms with Crippen LogP contribution in [0.5, 0.6) is 5.88 Å². The van der Waals surface area contributed by atoms with Gasteiger partial charge in [0.1, 0.15) is 12.9 Å². The molecule has 0 bridgehead atoms. The van der Waals surface area contributed by atoms with Crippen LogP contribution in [-0.4, -0.2) is 30.5 Å². The van der Waals surface area contributed by atoms with Crippen LogP contribution < -0.4 is 10.1 Å². The predicted octanol–water partition coefficient (Wildman–Crippen LogP) is 1.01. The van der Waals surface area contributed by atoms with Gasteiger partial charge in [0.2, 0.25) is 0 Å². The van der Waals surface area contributed by atoms with Crippen molar-refractivity contribution in [3.63, 3.8) is 0 Å². The normalized spacial score (nSPS) is 18.1. The highest BCUT2D eigenvalue weighted by molar-refractivity contribution is 5.85. The first-order valence-electron chi connectivity index (χ1n) is 3.82. The van der Waals surface area contributed by atoms with E-state index in [0.29, 0.717) is 12.4 Å². The largest absolute Gasteiger partial charge is 0.471 e. The minimum Gasteiger partial charge on any atom is -0.471 e. The zero-order chi connectivity index (χ0) is 9.10. The van der Waals surface area contributed by atoms with Gasteiger partial charge in [-0.3, -0.25) is 0 Å². The number of carbonyl (C=O) groups is 1. The molecule has 0 aromatic carbocycles. The second-order valence-electron chi connectivity index (χ2n) is 2.56. The summed E-state index contributed by atoms with van der Waals surface area (Å²) in [6.45, 7) is 0.752.